The van der Waals surface area contributed by atoms with Crippen LogP contribution in [-0.4, -0.2) is 75.5 Å². The van der Waals surface area contributed by atoms with Crippen molar-refractivity contribution >= 4 is 23.0 Å². The first kappa shape index (κ1) is 26.5. The number of nitrogens with zero attached hydrogens (tertiary/aromatic N) is 2. The lowest BCUT2D eigenvalue weighted by molar-refractivity contribution is -0.144. The molecule has 210 valence electrons. The van der Waals surface area contributed by atoms with E-state index >= 15 is 0 Å². The summed E-state index contributed by atoms with van der Waals surface area (Å²) in [5.74, 6) is -4.42. The average Bonchev–Trinajstić information content (AvgIpc) is 3.30. The number of likely N-dealkylation sites (tertiary alicyclic amines) is 1. The van der Waals surface area contributed by atoms with E-state index in [9.17, 15) is 34.8 Å². The highest BCUT2D eigenvalue weighted by Gasteiger charge is 2.59. The summed E-state index contributed by atoms with van der Waals surface area (Å²) >= 11 is 0. The number of phenols is 1. The van der Waals surface area contributed by atoms with Crippen LogP contribution < -0.4 is 4.90 Å². The molecule has 0 spiro atoms. The number of Topliss-reactive ketones (excluding diaryl/α,β-unsaturated/α-hetero) is 3. The highest BCUT2D eigenvalue weighted by Crippen LogP contribution is 2.53. The molecule has 5 atom stereocenters. The van der Waals surface area contributed by atoms with E-state index in [1.807, 2.05) is 25.1 Å². The van der Waals surface area contributed by atoms with Crippen LogP contribution in [0.2, 0.25) is 0 Å². The molecule has 4 aliphatic carbocycles. The van der Waals surface area contributed by atoms with Crippen molar-refractivity contribution in [3.8, 4) is 5.75 Å². The number of aromatic hydroxyl groups is 1. The van der Waals surface area contributed by atoms with Crippen LogP contribution in [0.25, 0.3) is 0 Å². The number of ketones is 3. The SMILES string of the molecule is CC(=O)C1=C(O)C[C@@H]2C[C@@H]3Cc4c(N(C)C)cc(CN5CC6C=CC=CC6C5)c(O)c4C(=O)C3=C(O)[C@]2(O)C1=O. The Kier molecular flexibility index (Phi) is 6.08. The molecule has 1 heterocycles. The third-order valence-electron chi connectivity index (χ3n) is 9.41. The van der Waals surface area contributed by atoms with Crippen LogP contribution >= 0.6 is 0 Å². The van der Waals surface area contributed by atoms with Gasteiger partial charge in [-0.1, -0.05) is 24.3 Å². The Morgan fingerprint density at radius 2 is 1.73 bits per heavy atom. The molecule has 5 aliphatic rings. The number of anilines is 1. The molecule has 6 rings (SSSR count). The van der Waals surface area contributed by atoms with Crippen molar-refractivity contribution in [1.82, 2.24) is 4.90 Å². The van der Waals surface area contributed by atoms with E-state index < -0.39 is 51.9 Å². The van der Waals surface area contributed by atoms with Crippen molar-refractivity contribution in [1.29, 1.82) is 0 Å². The van der Waals surface area contributed by atoms with Crippen LogP contribution in [0.3, 0.4) is 0 Å². The lowest BCUT2D eigenvalue weighted by Gasteiger charge is -2.46. The lowest BCUT2D eigenvalue weighted by Crippen LogP contribution is -2.56. The van der Waals surface area contributed by atoms with Crippen molar-refractivity contribution in [2.75, 3.05) is 32.1 Å². The summed E-state index contributed by atoms with van der Waals surface area (Å²) in [5.41, 5.74) is -1.05. The zero-order valence-electron chi connectivity index (χ0n) is 22.8. The van der Waals surface area contributed by atoms with Gasteiger partial charge in [-0.15, -0.1) is 0 Å². The summed E-state index contributed by atoms with van der Waals surface area (Å²) in [5, 5.41) is 44.8. The van der Waals surface area contributed by atoms with Gasteiger partial charge in [-0.3, -0.25) is 19.3 Å². The molecule has 0 bridgehead atoms. The van der Waals surface area contributed by atoms with Gasteiger partial charge in [-0.2, -0.15) is 0 Å². The van der Waals surface area contributed by atoms with E-state index in [1.54, 1.807) is 0 Å². The topological polar surface area (TPSA) is 139 Å². The third kappa shape index (κ3) is 3.71. The molecule has 1 aromatic rings. The van der Waals surface area contributed by atoms with E-state index in [2.05, 4.69) is 29.2 Å². The summed E-state index contributed by atoms with van der Waals surface area (Å²) in [6.07, 6.45) is 8.78. The minimum absolute atomic E-state index is 0.0749. The number of hydrogen-bond donors (Lipinski definition) is 4. The highest BCUT2D eigenvalue weighted by molar-refractivity contribution is 6.25. The molecule has 2 unspecified atom stereocenters. The minimum atomic E-state index is -2.49. The summed E-state index contributed by atoms with van der Waals surface area (Å²) in [6.45, 7) is 3.20. The highest BCUT2D eigenvalue weighted by atomic mass is 16.3. The summed E-state index contributed by atoms with van der Waals surface area (Å²) in [6, 6.07) is 1.92. The number of rotatable bonds is 4. The first-order valence-corrected chi connectivity index (χ1v) is 13.7. The molecule has 1 fully saturated rings. The van der Waals surface area contributed by atoms with E-state index in [4.69, 9.17) is 0 Å². The summed E-state index contributed by atoms with van der Waals surface area (Å²) in [7, 11) is 3.74. The monoisotopic (exact) mass is 546 g/mol. The average molecular weight is 547 g/mol. The molecule has 0 amide bonds. The maximum absolute atomic E-state index is 14.1. The van der Waals surface area contributed by atoms with Crippen molar-refractivity contribution in [3.05, 3.63) is 69.7 Å². The molecule has 9 heteroatoms. The number of aliphatic hydroxyl groups excluding tert-OH is 2. The van der Waals surface area contributed by atoms with Crippen molar-refractivity contribution in [2.24, 2.45) is 23.7 Å². The number of carbonyl (C=O) groups excluding carboxylic acids is 3. The Bertz CT molecular complexity index is 1460. The van der Waals surface area contributed by atoms with Crippen molar-refractivity contribution in [2.45, 2.75) is 38.3 Å². The molecule has 1 aromatic carbocycles. The Morgan fingerprint density at radius 1 is 1.07 bits per heavy atom. The first-order chi connectivity index (χ1) is 18.9. The maximum atomic E-state index is 14.1. The number of carbonyl (C=O) groups is 3. The van der Waals surface area contributed by atoms with Gasteiger partial charge in [0.25, 0.3) is 0 Å². The third-order valence-corrected chi connectivity index (χ3v) is 9.41. The Labute approximate surface area is 232 Å². The summed E-state index contributed by atoms with van der Waals surface area (Å²) in [4.78, 5) is 43.6. The van der Waals surface area contributed by atoms with E-state index in [0.29, 0.717) is 35.9 Å². The predicted molar refractivity (Wildman–Crippen MR) is 147 cm³/mol. The van der Waals surface area contributed by atoms with E-state index in [-0.39, 0.29) is 29.7 Å². The summed E-state index contributed by atoms with van der Waals surface area (Å²) < 4.78 is 0. The Balaban J connectivity index is 1.43. The second-order valence-electron chi connectivity index (χ2n) is 12.0. The van der Waals surface area contributed by atoms with Gasteiger partial charge in [-0.05, 0) is 49.1 Å². The molecule has 1 saturated heterocycles. The molecule has 4 N–H and O–H groups in total. The fourth-order valence-corrected chi connectivity index (χ4v) is 7.48. The van der Waals surface area contributed by atoms with Crippen LogP contribution in [0.15, 0.2) is 53.0 Å². The lowest BCUT2D eigenvalue weighted by atomic mass is 9.60. The number of phenolic OH excluding ortho intramolecular Hbond substituents is 1. The van der Waals surface area contributed by atoms with Gasteiger partial charge in [0, 0.05) is 62.9 Å². The zero-order valence-corrected chi connectivity index (χ0v) is 22.8. The molecule has 0 aromatic heterocycles. The van der Waals surface area contributed by atoms with Gasteiger partial charge >= 0.3 is 0 Å². The number of benzene rings is 1. The molecule has 0 radical (unpaired) electrons. The second-order valence-corrected chi connectivity index (χ2v) is 12.0. The largest absolute Gasteiger partial charge is 0.511 e. The van der Waals surface area contributed by atoms with Gasteiger partial charge in [0.05, 0.1) is 5.56 Å². The van der Waals surface area contributed by atoms with E-state index in [0.717, 1.165) is 25.7 Å². The normalized spacial score (nSPS) is 31.2. The van der Waals surface area contributed by atoms with Crippen LogP contribution in [0.5, 0.6) is 5.75 Å². The van der Waals surface area contributed by atoms with Gasteiger partial charge in [0.2, 0.25) is 5.78 Å². The van der Waals surface area contributed by atoms with Crippen molar-refractivity contribution < 1.29 is 34.8 Å². The number of allylic oxidation sites excluding steroid dienone is 4. The molecular weight excluding hydrogens is 512 g/mol. The van der Waals surface area contributed by atoms with Crippen LogP contribution in [0, 0.1) is 23.7 Å². The van der Waals surface area contributed by atoms with Gasteiger partial charge in [-0.25, -0.2) is 0 Å². The maximum Gasteiger partial charge on any atom is 0.209 e. The van der Waals surface area contributed by atoms with Crippen molar-refractivity contribution in [3.63, 3.8) is 0 Å². The standard InChI is InChI=1S/C31H34N2O7/c1-15(34)24-23(35)11-20-8-18-9-21-22(32(2)3)10-19(14-33-12-16-6-4-5-7-17(16)13-33)27(36)26(21)28(37)25(18)30(39)31(20,40)29(24)38/h4-7,10,16-18,20,35-36,39-40H,8-9,11-14H2,1-3H3/t16?,17?,18-,20+,31-/m1/s1. The van der Waals surface area contributed by atoms with Crippen LogP contribution in [0.1, 0.15) is 41.3 Å². The van der Waals surface area contributed by atoms with Crippen LogP contribution in [-0.2, 0) is 22.6 Å². The van der Waals surface area contributed by atoms with Gasteiger partial charge in [0.15, 0.2) is 17.2 Å². The molecular formula is C31H34N2O7. The number of fused-ring (bicyclic) bond motifs is 4. The Morgan fingerprint density at radius 3 is 2.33 bits per heavy atom. The number of aliphatic hydroxyl groups is 3. The predicted octanol–water partition coefficient (Wildman–Crippen LogP) is 2.92. The van der Waals surface area contributed by atoms with Gasteiger partial charge < -0.3 is 25.3 Å². The molecule has 40 heavy (non-hydrogen) atoms. The van der Waals surface area contributed by atoms with Gasteiger partial charge in [0.1, 0.15) is 22.8 Å². The zero-order chi connectivity index (χ0) is 28.7. The number of hydrogen-bond acceptors (Lipinski definition) is 9. The van der Waals surface area contributed by atoms with Crippen LogP contribution in [0.4, 0.5) is 5.69 Å². The first-order valence-electron chi connectivity index (χ1n) is 13.7. The fourth-order valence-electron chi connectivity index (χ4n) is 7.48. The Hall–Kier alpha value is -3.69. The molecule has 9 nitrogen and oxygen atoms in total. The smallest absolute Gasteiger partial charge is 0.209 e. The molecule has 0 saturated carbocycles. The minimum Gasteiger partial charge on any atom is -0.511 e. The quantitative estimate of drug-likeness (QED) is 0.420. The second kappa shape index (κ2) is 9.17. The fraction of sp³-hybridized carbons (Fsp3) is 0.452. The molecule has 1 aliphatic heterocycles. The van der Waals surface area contributed by atoms with E-state index in [1.165, 1.54) is 0 Å².